The van der Waals surface area contributed by atoms with Gasteiger partial charge in [-0.05, 0) is 49.6 Å². The number of morpholine rings is 1. The van der Waals surface area contributed by atoms with Crippen LogP contribution in [0.5, 0.6) is 5.75 Å². The van der Waals surface area contributed by atoms with Crippen molar-refractivity contribution in [1.82, 2.24) is 10.4 Å². The quantitative estimate of drug-likeness (QED) is 0.457. The number of amides is 1. The summed E-state index contributed by atoms with van der Waals surface area (Å²) in [5, 5.41) is 1.81. The van der Waals surface area contributed by atoms with Gasteiger partial charge in [0.25, 0.3) is 5.91 Å². The van der Waals surface area contributed by atoms with E-state index in [0.717, 1.165) is 11.1 Å². The molecule has 0 aromatic heterocycles. The summed E-state index contributed by atoms with van der Waals surface area (Å²) in [6.45, 7) is 7.79. The molecule has 2 saturated heterocycles. The van der Waals surface area contributed by atoms with Crippen molar-refractivity contribution in [3.8, 4) is 5.75 Å². The number of carbonyl (C=O) groups is 1. The monoisotopic (exact) mass is 594 g/mol. The van der Waals surface area contributed by atoms with Gasteiger partial charge >= 0.3 is 6.36 Å². The van der Waals surface area contributed by atoms with Crippen molar-refractivity contribution in [2.24, 2.45) is 0 Å². The molecule has 1 unspecified atom stereocenters. The maximum absolute atomic E-state index is 14.0. The number of nitrogens with one attached hydrogen (secondary N) is 1. The lowest BCUT2D eigenvalue weighted by Gasteiger charge is -2.44. The van der Waals surface area contributed by atoms with Crippen LogP contribution in [0.2, 0.25) is 0 Å². The van der Waals surface area contributed by atoms with E-state index in [1.807, 2.05) is 36.2 Å². The topological polar surface area (TPSA) is 87.7 Å². The van der Waals surface area contributed by atoms with E-state index in [2.05, 4.69) is 10.2 Å². The van der Waals surface area contributed by atoms with Crippen LogP contribution in [0.15, 0.2) is 48.5 Å². The summed E-state index contributed by atoms with van der Waals surface area (Å²) in [4.78, 5) is 14.0. The Bertz CT molecular complexity index is 1240. The molecule has 1 aliphatic carbocycles. The lowest BCUT2D eigenvalue weighted by Crippen LogP contribution is -2.63. The van der Waals surface area contributed by atoms with Crippen molar-refractivity contribution in [3.63, 3.8) is 0 Å². The number of alkyl halides is 3. The predicted molar refractivity (Wildman–Crippen MR) is 144 cm³/mol. The van der Waals surface area contributed by atoms with Gasteiger partial charge in [-0.25, -0.2) is 5.01 Å². The fraction of sp³-hybridized carbons (Fsp3) is 0.567. The number of benzene rings is 2. The Morgan fingerprint density at radius 3 is 2.55 bits per heavy atom. The highest BCUT2D eigenvalue weighted by Crippen LogP contribution is 2.44. The molecule has 2 heterocycles. The van der Waals surface area contributed by atoms with Gasteiger partial charge in [0.05, 0.1) is 38.6 Å². The van der Waals surface area contributed by atoms with Gasteiger partial charge in [-0.15, -0.1) is 13.2 Å². The molecule has 230 valence electrons. The Morgan fingerprint density at radius 2 is 1.81 bits per heavy atom. The molecule has 2 aliphatic heterocycles. The normalized spacial score (nSPS) is 27.8. The Morgan fingerprint density at radius 1 is 1.05 bits per heavy atom. The molecule has 0 spiro atoms. The van der Waals surface area contributed by atoms with Crippen LogP contribution in [0.1, 0.15) is 43.4 Å². The number of aryl methyl sites for hydroxylation is 1. The summed E-state index contributed by atoms with van der Waals surface area (Å²) >= 11 is 0. The number of ether oxygens (including phenoxy) is 6. The molecule has 1 saturated carbocycles. The molecule has 4 atom stereocenters. The summed E-state index contributed by atoms with van der Waals surface area (Å²) in [5.41, 5.74) is 4.13. The average molecular weight is 595 g/mol. The number of halogens is 3. The average Bonchev–Trinajstić information content (AvgIpc) is 3.24. The van der Waals surface area contributed by atoms with Crippen molar-refractivity contribution >= 4 is 5.91 Å². The number of carbonyl (C=O) groups excluding carboxylic acids is 1. The van der Waals surface area contributed by atoms with Crippen LogP contribution < -0.4 is 10.2 Å². The van der Waals surface area contributed by atoms with Gasteiger partial charge in [0, 0.05) is 25.9 Å². The van der Waals surface area contributed by atoms with E-state index in [4.69, 9.17) is 23.7 Å². The summed E-state index contributed by atoms with van der Waals surface area (Å²) in [6.07, 6.45) is -6.12. The third-order valence-electron chi connectivity index (χ3n) is 7.70. The van der Waals surface area contributed by atoms with E-state index < -0.39 is 36.1 Å². The number of nitrogens with zero attached hydrogens (tertiary/aromatic N) is 1. The standard InChI is InChI=1S/C30H37F3N2O7/c1-20-7-4-5-9-22(20)19-39-29(27(36)34-35-11-13-37-14-12-35)16-24(26-25(17-29)41-28(2,3)42-26)38-18-21-8-6-10-23(15-21)40-30(31,32)33/h4-10,15,24-26H,11-14,16-19H2,1-3H3,(H,34,36)/t24?,25-,26+,29-/m1/s1. The summed E-state index contributed by atoms with van der Waals surface area (Å²) in [7, 11) is 0. The summed E-state index contributed by atoms with van der Waals surface area (Å²) < 4.78 is 73.1. The number of hydrazine groups is 1. The van der Waals surface area contributed by atoms with E-state index in [9.17, 15) is 18.0 Å². The summed E-state index contributed by atoms with van der Waals surface area (Å²) in [6, 6.07) is 13.4. The van der Waals surface area contributed by atoms with Gasteiger partial charge in [0.15, 0.2) is 11.4 Å². The first-order chi connectivity index (χ1) is 19.9. The first-order valence-corrected chi connectivity index (χ1v) is 14.1. The maximum Gasteiger partial charge on any atom is 0.573 e. The predicted octanol–water partition coefficient (Wildman–Crippen LogP) is 4.41. The van der Waals surface area contributed by atoms with Gasteiger partial charge in [-0.3, -0.25) is 10.2 Å². The van der Waals surface area contributed by atoms with Crippen molar-refractivity contribution < 1.29 is 46.4 Å². The van der Waals surface area contributed by atoms with E-state index in [0.29, 0.717) is 31.9 Å². The van der Waals surface area contributed by atoms with Gasteiger partial charge in [0.2, 0.25) is 0 Å². The van der Waals surface area contributed by atoms with Crippen molar-refractivity contribution in [3.05, 3.63) is 65.2 Å². The molecule has 5 rings (SSSR count). The van der Waals surface area contributed by atoms with E-state index in [1.165, 1.54) is 18.2 Å². The Labute approximate surface area is 243 Å². The second-order valence-electron chi connectivity index (χ2n) is 11.3. The minimum absolute atomic E-state index is 0.0360. The minimum Gasteiger partial charge on any atom is -0.406 e. The molecule has 12 heteroatoms. The first-order valence-electron chi connectivity index (χ1n) is 14.1. The molecule has 0 bridgehead atoms. The van der Waals surface area contributed by atoms with Crippen LogP contribution in [-0.2, 0) is 41.7 Å². The Balaban J connectivity index is 1.40. The largest absolute Gasteiger partial charge is 0.573 e. The van der Waals surface area contributed by atoms with Crippen molar-refractivity contribution in [2.75, 3.05) is 26.3 Å². The molecule has 42 heavy (non-hydrogen) atoms. The Hall–Kier alpha value is -2.74. The number of rotatable bonds is 9. The third kappa shape index (κ3) is 7.61. The highest BCUT2D eigenvalue weighted by atomic mass is 19.4. The maximum atomic E-state index is 14.0. The van der Waals surface area contributed by atoms with Gasteiger partial charge in [-0.2, -0.15) is 0 Å². The third-order valence-corrected chi connectivity index (χ3v) is 7.70. The lowest BCUT2D eigenvalue weighted by atomic mass is 9.78. The molecule has 2 aromatic carbocycles. The molecule has 1 amide bonds. The molecule has 9 nitrogen and oxygen atoms in total. The molecule has 3 aliphatic rings. The van der Waals surface area contributed by atoms with Gasteiger partial charge in [0.1, 0.15) is 11.9 Å². The van der Waals surface area contributed by atoms with E-state index >= 15 is 0 Å². The number of fused-ring (bicyclic) bond motifs is 1. The number of hydrogen-bond acceptors (Lipinski definition) is 8. The van der Waals surface area contributed by atoms with Crippen LogP contribution in [-0.4, -0.2) is 73.3 Å². The van der Waals surface area contributed by atoms with E-state index in [-0.39, 0.29) is 37.7 Å². The number of hydrogen-bond donors (Lipinski definition) is 1. The SMILES string of the molecule is Cc1ccccc1CO[C@]1(C(=O)NN2CCOCC2)CC(OCc2cccc(OC(F)(F)F)c2)[C@@H]2OC(C)(C)O[C@@H]2C1. The van der Waals surface area contributed by atoms with Crippen LogP contribution in [0.3, 0.4) is 0 Å². The minimum atomic E-state index is -4.81. The highest BCUT2D eigenvalue weighted by molar-refractivity contribution is 5.85. The molecule has 2 aromatic rings. The van der Waals surface area contributed by atoms with Gasteiger partial charge in [-0.1, -0.05) is 36.4 Å². The Kier molecular flexibility index (Phi) is 9.12. The second-order valence-corrected chi connectivity index (χ2v) is 11.3. The second kappa shape index (κ2) is 12.5. The van der Waals surface area contributed by atoms with Crippen LogP contribution in [0.4, 0.5) is 13.2 Å². The van der Waals surface area contributed by atoms with Crippen LogP contribution >= 0.6 is 0 Å². The molecule has 3 fully saturated rings. The van der Waals surface area contributed by atoms with Crippen molar-refractivity contribution in [2.45, 2.75) is 82.9 Å². The summed E-state index contributed by atoms with van der Waals surface area (Å²) in [5.74, 6) is -1.59. The first kappa shape index (κ1) is 30.7. The molecule has 1 N–H and O–H groups in total. The zero-order valence-electron chi connectivity index (χ0n) is 23.9. The van der Waals surface area contributed by atoms with E-state index in [1.54, 1.807) is 19.9 Å². The highest BCUT2D eigenvalue weighted by Gasteiger charge is 2.58. The molecule has 0 radical (unpaired) electrons. The van der Waals surface area contributed by atoms with Gasteiger partial charge < -0.3 is 28.4 Å². The molecular weight excluding hydrogens is 557 g/mol. The fourth-order valence-corrected chi connectivity index (χ4v) is 5.65. The van der Waals surface area contributed by atoms with Crippen molar-refractivity contribution in [1.29, 1.82) is 0 Å². The molecular formula is C30H37F3N2O7. The van der Waals surface area contributed by atoms with Crippen LogP contribution in [0, 0.1) is 6.92 Å². The van der Waals surface area contributed by atoms with Crippen LogP contribution in [0.25, 0.3) is 0 Å². The zero-order chi connectivity index (χ0) is 30.0. The fourth-order valence-electron chi connectivity index (χ4n) is 5.65. The zero-order valence-corrected chi connectivity index (χ0v) is 23.9. The smallest absolute Gasteiger partial charge is 0.406 e. The lowest BCUT2D eigenvalue weighted by molar-refractivity contribution is -0.274.